The molecular formula is C15H13ClFNO3. The van der Waals surface area contributed by atoms with Gasteiger partial charge in [0.2, 0.25) is 0 Å². The Hall–Kier alpha value is -2.27. The maximum absolute atomic E-state index is 13.7. The van der Waals surface area contributed by atoms with Crippen molar-refractivity contribution in [3.8, 4) is 11.5 Å². The highest BCUT2D eigenvalue weighted by molar-refractivity contribution is 6.31. The number of rotatable bonds is 5. The van der Waals surface area contributed by atoms with Crippen molar-refractivity contribution in [2.24, 2.45) is 5.73 Å². The van der Waals surface area contributed by atoms with Gasteiger partial charge in [0.05, 0.1) is 17.7 Å². The lowest BCUT2D eigenvalue weighted by molar-refractivity contribution is 0.0996. The number of ether oxygens (including phenoxy) is 2. The minimum Gasteiger partial charge on any atom is -0.497 e. The Labute approximate surface area is 126 Å². The number of amides is 1. The third-order valence-electron chi connectivity index (χ3n) is 2.89. The van der Waals surface area contributed by atoms with Crippen LogP contribution in [0.3, 0.4) is 0 Å². The summed E-state index contributed by atoms with van der Waals surface area (Å²) < 4.78 is 24.2. The van der Waals surface area contributed by atoms with Gasteiger partial charge in [-0.3, -0.25) is 4.79 Å². The number of benzene rings is 2. The highest BCUT2D eigenvalue weighted by Gasteiger charge is 2.13. The third-order valence-corrected chi connectivity index (χ3v) is 3.24. The van der Waals surface area contributed by atoms with E-state index in [1.165, 1.54) is 31.4 Å². The predicted octanol–water partition coefficient (Wildman–Crippen LogP) is 3.17. The van der Waals surface area contributed by atoms with Crippen LogP contribution in [0.15, 0.2) is 36.4 Å². The van der Waals surface area contributed by atoms with Crippen LogP contribution < -0.4 is 15.2 Å². The van der Waals surface area contributed by atoms with E-state index in [4.69, 9.17) is 26.8 Å². The zero-order valence-corrected chi connectivity index (χ0v) is 12.0. The normalized spacial score (nSPS) is 10.2. The number of hydrogen-bond acceptors (Lipinski definition) is 3. The van der Waals surface area contributed by atoms with Crippen molar-refractivity contribution in [3.63, 3.8) is 0 Å². The first kappa shape index (κ1) is 15.1. The summed E-state index contributed by atoms with van der Waals surface area (Å²) in [6.07, 6.45) is 0. The van der Waals surface area contributed by atoms with Gasteiger partial charge in [-0.25, -0.2) is 4.39 Å². The Morgan fingerprint density at radius 1 is 1.33 bits per heavy atom. The van der Waals surface area contributed by atoms with E-state index in [1.54, 1.807) is 12.1 Å². The predicted molar refractivity (Wildman–Crippen MR) is 77.3 cm³/mol. The summed E-state index contributed by atoms with van der Waals surface area (Å²) in [4.78, 5) is 11.4. The molecular weight excluding hydrogens is 297 g/mol. The highest BCUT2D eigenvalue weighted by atomic mass is 35.5. The van der Waals surface area contributed by atoms with Crippen molar-refractivity contribution < 1.29 is 18.7 Å². The zero-order chi connectivity index (χ0) is 15.4. The van der Waals surface area contributed by atoms with Crippen LogP contribution in [0.1, 0.15) is 15.9 Å². The quantitative estimate of drug-likeness (QED) is 0.922. The standard InChI is InChI=1S/C15H13ClFNO3/c1-20-9-5-6-10(15(18)19)14(7-9)21-8-11-12(16)3-2-4-13(11)17/h2-7H,8H2,1H3,(H2,18,19). The molecule has 2 rings (SSSR count). The Morgan fingerprint density at radius 3 is 2.71 bits per heavy atom. The molecule has 2 N–H and O–H groups in total. The first-order valence-electron chi connectivity index (χ1n) is 6.06. The smallest absolute Gasteiger partial charge is 0.252 e. The van der Waals surface area contributed by atoms with Crippen LogP contribution in [0.5, 0.6) is 11.5 Å². The monoisotopic (exact) mass is 309 g/mol. The molecule has 2 aromatic rings. The van der Waals surface area contributed by atoms with Crippen molar-refractivity contribution >= 4 is 17.5 Å². The fourth-order valence-corrected chi connectivity index (χ4v) is 1.99. The maximum Gasteiger partial charge on any atom is 0.252 e. The summed E-state index contributed by atoms with van der Waals surface area (Å²) in [6.45, 7) is -0.126. The number of methoxy groups -OCH3 is 1. The molecule has 0 spiro atoms. The summed E-state index contributed by atoms with van der Waals surface area (Å²) in [5, 5.41) is 0.249. The lowest BCUT2D eigenvalue weighted by Crippen LogP contribution is -2.13. The van der Waals surface area contributed by atoms with Gasteiger partial charge in [-0.2, -0.15) is 0 Å². The van der Waals surface area contributed by atoms with E-state index in [1.807, 2.05) is 0 Å². The number of primary amides is 1. The first-order valence-corrected chi connectivity index (χ1v) is 6.44. The summed E-state index contributed by atoms with van der Waals surface area (Å²) >= 11 is 5.92. The lowest BCUT2D eigenvalue weighted by Gasteiger charge is -2.12. The van der Waals surface area contributed by atoms with Crippen molar-refractivity contribution in [3.05, 3.63) is 58.4 Å². The zero-order valence-electron chi connectivity index (χ0n) is 11.2. The van der Waals surface area contributed by atoms with Gasteiger partial charge in [0.15, 0.2) is 0 Å². The van der Waals surface area contributed by atoms with Crippen molar-refractivity contribution in [2.45, 2.75) is 6.61 Å². The molecule has 2 aromatic carbocycles. The second-order valence-electron chi connectivity index (χ2n) is 4.22. The molecule has 0 radical (unpaired) electrons. The number of carbonyl (C=O) groups is 1. The second kappa shape index (κ2) is 6.45. The minimum atomic E-state index is -0.646. The number of hydrogen-bond donors (Lipinski definition) is 1. The van der Waals surface area contributed by atoms with E-state index in [-0.39, 0.29) is 28.5 Å². The lowest BCUT2D eigenvalue weighted by atomic mass is 10.1. The summed E-state index contributed by atoms with van der Waals surface area (Å²) in [7, 11) is 1.48. The molecule has 0 fully saturated rings. The summed E-state index contributed by atoms with van der Waals surface area (Å²) in [5.41, 5.74) is 5.66. The van der Waals surface area contributed by atoms with Crippen molar-refractivity contribution in [2.75, 3.05) is 7.11 Å². The van der Waals surface area contributed by atoms with E-state index in [9.17, 15) is 9.18 Å². The molecule has 21 heavy (non-hydrogen) atoms. The van der Waals surface area contributed by atoms with Gasteiger partial charge in [-0.1, -0.05) is 17.7 Å². The first-order chi connectivity index (χ1) is 10.0. The van der Waals surface area contributed by atoms with Gasteiger partial charge in [0.25, 0.3) is 5.91 Å². The van der Waals surface area contributed by atoms with Gasteiger partial charge >= 0.3 is 0 Å². The summed E-state index contributed by atoms with van der Waals surface area (Å²) in [5.74, 6) is -0.422. The van der Waals surface area contributed by atoms with E-state index >= 15 is 0 Å². The number of nitrogens with two attached hydrogens (primary N) is 1. The Morgan fingerprint density at radius 2 is 2.10 bits per heavy atom. The molecule has 0 bridgehead atoms. The van der Waals surface area contributed by atoms with E-state index < -0.39 is 11.7 Å². The van der Waals surface area contributed by atoms with Gasteiger partial charge in [0, 0.05) is 11.6 Å². The molecule has 0 unspecified atom stereocenters. The molecule has 0 aliphatic rings. The molecule has 1 amide bonds. The SMILES string of the molecule is COc1ccc(C(N)=O)c(OCc2c(F)cccc2Cl)c1. The molecule has 0 saturated heterocycles. The number of carbonyl (C=O) groups excluding carboxylic acids is 1. The van der Waals surface area contributed by atoms with Gasteiger partial charge in [0.1, 0.15) is 23.9 Å². The molecule has 6 heteroatoms. The molecule has 0 aliphatic heterocycles. The van der Waals surface area contributed by atoms with Gasteiger partial charge in [-0.15, -0.1) is 0 Å². The molecule has 0 heterocycles. The molecule has 110 valence electrons. The molecule has 0 atom stereocenters. The highest BCUT2D eigenvalue weighted by Crippen LogP contribution is 2.27. The average Bonchev–Trinajstić information content (AvgIpc) is 2.46. The Kier molecular flexibility index (Phi) is 4.65. The van der Waals surface area contributed by atoms with Crippen molar-refractivity contribution in [1.82, 2.24) is 0 Å². The van der Waals surface area contributed by atoms with Crippen LogP contribution in [0.25, 0.3) is 0 Å². The van der Waals surface area contributed by atoms with Crippen LogP contribution in [0, 0.1) is 5.82 Å². The fourth-order valence-electron chi connectivity index (χ4n) is 1.77. The maximum atomic E-state index is 13.7. The van der Waals surface area contributed by atoms with E-state index in [2.05, 4.69) is 0 Å². The molecule has 0 aromatic heterocycles. The van der Waals surface area contributed by atoms with Gasteiger partial charge in [-0.05, 0) is 24.3 Å². The minimum absolute atomic E-state index is 0.126. The average molecular weight is 310 g/mol. The third kappa shape index (κ3) is 3.44. The second-order valence-corrected chi connectivity index (χ2v) is 4.62. The van der Waals surface area contributed by atoms with Crippen LogP contribution in [0.2, 0.25) is 5.02 Å². The summed E-state index contributed by atoms with van der Waals surface area (Å²) in [6, 6.07) is 8.92. The van der Waals surface area contributed by atoms with Gasteiger partial charge < -0.3 is 15.2 Å². The molecule has 0 saturated carbocycles. The van der Waals surface area contributed by atoms with Crippen LogP contribution in [0.4, 0.5) is 4.39 Å². The molecule has 4 nitrogen and oxygen atoms in total. The van der Waals surface area contributed by atoms with Crippen molar-refractivity contribution in [1.29, 1.82) is 0 Å². The molecule has 0 aliphatic carbocycles. The Bertz CT molecular complexity index is 656. The largest absolute Gasteiger partial charge is 0.497 e. The van der Waals surface area contributed by atoms with Crippen LogP contribution in [-0.4, -0.2) is 13.0 Å². The van der Waals surface area contributed by atoms with Crippen LogP contribution >= 0.6 is 11.6 Å². The van der Waals surface area contributed by atoms with E-state index in [0.29, 0.717) is 5.75 Å². The fraction of sp³-hybridized carbons (Fsp3) is 0.133. The topological polar surface area (TPSA) is 61.5 Å². The Balaban J connectivity index is 2.28. The van der Waals surface area contributed by atoms with Crippen LogP contribution in [-0.2, 0) is 6.61 Å². The number of halogens is 2. The van der Waals surface area contributed by atoms with E-state index in [0.717, 1.165) is 0 Å².